The highest BCUT2D eigenvalue weighted by molar-refractivity contribution is 5.89. The first-order valence-electron chi connectivity index (χ1n) is 10.6. The number of benzene rings is 2. The molecule has 0 atom stereocenters. The number of hydrogen-bond acceptors (Lipinski definition) is 5. The molecule has 0 bridgehead atoms. The Hall–Kier alpha value is -3.61. The third-order valence-corrected chi connectivity index (χ3v) is 6.54. The van der Waals surface area contributed by atoms with Gasteiger partial charge in [0.25, 0.3) is 0 Å². The zero-order valence-electron chi connectivity index (χ0n) is 18.1. The van der Waals surface area contributed by atoms with Crippen molar-refractivity contribution in [3.63, 3.8) is 0 Å². The van der Waals surface area contributed by atoms with Gasteiger partial charge in [-0.05, 0) is 55.5 Å². The Bertz CT molecular complexity index is 1250. The second-order valence-electron chi connectivity index (χ2n) is 8.46. The monoisotopic (exact) mass is 435 g/mol. The van der Waals surface area contributed by atoms with E-state index in [1.165, 1.54) is 0 Å². The molecule has 0 saturated carbocycles. The van der Waals surface area contributed by atoms with Gasteiger partial charge < -0.3 is 19.5 Å². The number of carbonyl (C=O) groups excluding carboxylic acids is 1. The highest BCUT2D eigenvalue weighted by atomic mass is 16.4. The molecule has 166 valence electrons. The van der Waals surface area contributed by atoms with E-state index < -0.39 is 17.0 Å². The summed E-state index contributed by atoms with van der Waals surface area (Å²) in [6.45, 7) is 4.04. The molecule has 0 aliphatic carbocycles. The number of likely N-dealkylation sites (tertiary alicyclic amines) is 1. The number of aliphatic carboxylic acids is 1. The number of rotatable bonds is 4. The second-order valence-corrected chi connectivity index (χ2v) is 8.46. The lowest BCUT2D eigenvalue weighted by Gasteiger charge is -2.39. The molecule has 1 aromatic heterocycles. The summed E-state index contributed by atoms with van der Waals surface area (Å²) in [6.07, 6.45) is 0.426. The van der Waals surface area contributed by atoms with Crippen LogP contribution in [-0.2, 0) is 21.4 Å². The third kappa shape index (κ3) is 3.64. The van der Waals surface area contributed by atoms with Crippen molar-refractivity contribution < 1.29 is 24.2 Å². The van der Waals surface area contributed by atoms with E-state index in [-0.39, 0.29) is 42.3 Å². The predicted molar refractivity (Wildman–Crippen MR) is 119 cm³/mol. The van der Waals surface area contributed by atoms with Gasteiger partial charge in [-0.15, -0.1) is 0 Å². The van der Waals surface area contributed by atoms with Crippen molar-refractivity contribution in [1.82, 2.24) is 4.90 Å². The van der Waals surface area contributed by atoms with Crippen molar-refractivity contribution in [3.8, 4) is 5.75 Å². The molecule has 7 heteroatoms. The summed E-state index contributed by atoms with van der Waals surface area (Å²) in [4.78, 5) is 39.3. The van der Waals surface area contributed by atoms with Crippen LogP contribution in [0.15, 0.2) is 51.7 Å². The molecule has 1 amide bonds. The first kappa shape index (κ1) is 21.6. The van der Waals surface area contributed by atoms with Gasteiger partial charge in [0.2, 0.25) is 5.91 Å². The van der Waals surface area contributed by atoms with Gasteiger partial charge in [0.15, 0.2) is 0 Å². The Balaban J connectivity index is 1.57. The molecule has 4 rings (SSSR count). The largest absolute Gasteiger partial charge is 0.507 e. The van der Waals surface area contributed by atoms with Crippen LogP contribution in [0.25, 0.3) is 11.0 Å². The average Bonchev–Trinajstić information content (AvgIpc) is 2.76. The quantitative estimate of drug-likeness (QED) is 0.609. The number of fused-ring (bicyclic) bond motifs is 1. The van der Waals surface area contributed by atoms with Crippen LogP contribution in [0, 0.1) is 13.8 Å². The summed E-state index contributed by atoms with van der Waals surface area (Å²) < 4.78 is 5.38. The normalized spacial score (nSPS) is 15.6. The molecule has 7 nitrogen and oxygen atoms in total. The molecular weight excluding hydrogens is 410 g/mol. The summed E-state index contributed by atoms with van der Waals surface area (Å²) in [6, 6.07) is 12.4. The van der Waals surface area contributed by atoms with Gasteiger partial charge in [-0.1, -0.05) is 30.3 Å². The van der Waals surface area contributed by atoms with Crippen LogP contribution in [0.4, 0.5) is 0 Å². The number of phenolic OH excluding ortho intramolecular Hbond substituents is 1. The number of aryl methyl sites for hydroxylation is 2. The van der Waals surface area contributed by atoms with Crippen molar-refractivity contribution in [2.45, 2.75) is 38.5 Å². The maximum Gasteiger partial charge on any atom is 0.340 e. The first-order chi connectivity index (χ1) is 15.2. The number of phenols is 1. The summed E-state index contributed by atoms with van der Waals surface area (Å²) in [5.74, 6) is -1.16. The van der Waals surface area contributed by atoms with Crippen LogP contribution in [0.1, 0.15) is 35.1 Å². The lowest BCUT2D eigenvalue weighted by molar-refractivity contribution is -0.148. The van der Waals surface area contributed by atoms with Crippen LogP contribution in [0.2, 0.25) is 0 Å². The number of carboxylic acid groups (broad SMARTS) is 1. The second kappa shape index (κ2) is 8.15. The van der Waals surface area contributed by atoms with Crippen LogP contribution >= 0.6 is 0 Å². The topological polar surface area (TPSA) is 108 Å². The van der Waals surface area contributed by atoms with Gasteiger partial charge in [0, 0.05) is 13.1 Å². The van der Waals surface area contributed by atoms with E-state index in [0.29, 0.717) is 23.8 Å². The fraction of sp³-hybridized carbons (Fsp3) is 0.320. The van der Waals surface area contributed by atoms with E-state index in [9.17, 15) is 24.6 Å². The summed E-state index contributed by atoms with van der Waals surface area (Å²) in [7, 11) is 0. The smallest absolute Gasteiger partial charge is 0.340 e. The van der Waals surface area contributed by atoms with E-state index in [2.05, 4.69) is 0 Å². The predicted octanol–water partition coefficient (Wildman–Crippen LogP) is 3.30. The van der Waals surface area contributed by atoms with Gasteiger partial charge in [0.05, 0.1) is 22.8 Å². The molecule has 2 N–H and O–H groups in total. The Kier molecular flexibility index (Phi) is 5.50. The molecule has 0 unspecified atom stereocenters. The van der Waals surface area contributed by atoms with E-state index in [1.807, 2.05) is 30.3 Å². The molecule has 1 aliphatic rings. The number of nitrogens with zero attached hydrogens (tertiary/aromatic N) is 1. The number of piperidine rings is 1. The standard InChI is InChI=1S/C25H25NO6/c1-15-12-19(27)22-16(2)18(23(29)32-20(22)13-15)14-21(28)26-10-8-25(9-11-26,24(30)31)17-6-4-3-5-7-17/h3-7,12-13,27H,8-11,14H2,1-2H3,(H,30,31). The number of hydrogen-bond donors (Lipinski definition) is 2. The number of amides is 1. The van der Waals surface area contributed by atoms with Crippen molar-refractivity contribution in [3.05, 3.63) is 75.1 Å². The van der Waals surface area contributed by atoms with Crippen LogP contribution in [0.5, 0.6) is 5.75 Å². The van der Waals surface area contributed by atoms with Gasteiger partial charge in [0.1, 0.15) is 11.3 Å². The highest BCUT2D eigenvalue weighted by Gasteiger charge is 2.43. The fourth-order valence-electron chi connectivity index (χ4n) is 4.65. The minimum atomic E-state index is -1.03. The molecule has 0 radical (unpaired) electrons. The summed E-state index contributed by atoms with van der Waals surface area (Å²) in [5.41, 5.74) is 0.872. The van der Waals surface area contributed by atoms with E-state index in [4.69, 9.17) is 4.42 Å². The van der Waals surface area contributed by atoms with Gasteiger partial charge in [-0.25, -0.2) is 4.79 Å². The summed E-state index contributed by atoms with van der Waals surface area (Å²) in [5, 5.41) is 20.7. The van der Waals surface area contributed by atoms with Crippen molar-refractivity contribution in [2.75, 3.05) is 13.1 Å². The van der Waals surface area contributed by atoms with E-state index in [1.54, 1.807) is 30.9 Å². The molecule has 3 aromatic rings. The van der Waals surface area contributed by atoms with Crippen LogP contribution in [-0.4, -0.2) is 40.1 Å². The maximum atomic E-state index is 13.0. The number of carboxylic acids is 1. The minimum absolute atomic E-state index is 0.00187. The molecule has 2 aromatic carbocycles. The van der Waals surface area contributed by atoms with Crippen molar-refractivity contribution in [1.29, 1.82) is 0 Å². The maximum absolute atomic E-state index is 13.0. The zero-order chi connectivity index (χ0) is 23.0. The number of carbonyl (C=O) groups is 2. The van der Waals surface area contributed by atoms with Gasteiger partial charge in [-0.3, -0.25) is 9.59 Å². The lowest BCUT2D eigenvalue weighted by atomic mass is 9.73. The number of aromatic hydroxyl groups is 1. The molecule has 2 heterocycles. The molecule has 1 aliphatic heterocycles. The molecule has 1 fully saturated rings. The fourth-order valence-corrected chi connectivity index (χ4v) is 4.65. The Morgan fingerprint density at radius 3 is 2.38 bits per heavy atom. The Morgan fingerprint density at radius 1 is 1.09 bits per heavy atom. The van der Waals surface area contributed by atoms with Crippen molar-refractivity contribution in [2.24, 2.45) is 0 Å². The third-order valence-electron chi connectivity index (χ3n) is 6.54. The molecule has 32 heavy (non-hydrogen) atoms. The average molecular weight is 435 g/mol. The molecule has 0 spiro atoms. The molecule has 1 saturated heterocycles. The van der Waals surface area contributed by atoms with Crippen molar-refractivity contribution >= 4 is 22.8 Å². The Morgan fingerprint density at radius 2 is 1.75 bits per heavy atom. The Labute approximate surface area is 184 Å². The van der Waals surface area contributed by atoms with Gasteiger partial charge >= 0.3 is 11.6 Å². The van der Waals surface area contributed by atoms with E-state index in [0.717, 1.165) is 11.1 Å². The zero-order valence-corrected chi connectivity index (χ0v) is 18.1. The minimum Gasteiger partial charge on any atom is -0.507 e. The van der Waals surface area contributed by atoms with Gasteiger partial charge in [-0.2, -0.15) is 0 Å². The molecular formula is C25H25NO6. The highest BCUT2D eigenvalue weighted by Crippen LogP contribution is 2.36. The SMILES string of the molecule is Cc1cc(O)c2c(C)c(CC(=O)N3CCC(C(=O)O)(c4ccccc4)CC3)c(=O)oc2c1. The van der Waals surface area contributed by atoms with Crippen LogP contribution < -0.4 is 5.63 Å². The lowest BCUT2D eigenvalue weighted by Crippen LogP contribution is -2.49. The van der Waals surface area contributed by atoms with Crippen LogP contribution in [0.3, 0.4) is 0 Å². The first-order valence-corrected chi connectivity index (χ1v) is 10.6. The van der Waals surface area contributed by atoms with E-state index >= 15 is 0 Å². The summed E-state index contributed by atoms with van der Waals surface area (Å²) >= 11 is 0.